The fraction of sp³-hybridized carbons (Fsp3) is 0.250. The molecule has 7 nitrogen and oxygen atoms in total. The Balaban J connectivity index is 2.61. The Bertz CT molecular complexity index is 621. The van der Waals surface area contributed by atoms with Gasteiger partial charge in [-0.1, -0.05) is 0 Å². The summed E-state index contributed by atoms with van der Waals surface area (Å²) < 4.78 is 10.3. The summed E-state index contributed by atoms with van der Waals surface area (Å²) in [5.41, 5.74) is 0.689. The molecule has 0 aliphatic heterocycles. The number of aryl methyl sites for hydroxylation is 1. The standard InChI is InChI=1S/C12H13N3O4/c1-15-13-10(11(14-15)12(16)17)8-5-4-7(18-2)6-9(8)19-3/h4-6H,1-3H3,(H,16,17). The van der Waals surface area contributed by atoms with Crippen molar-refractivity contribution in [3.63, 3.8) is 0 Å². The lowest BCUT2D eigenvalue weighted by Crippen LogP contribution is -2.01. The summed E-state index contributed by atoms with van der Waals surface area (Å²) in [5, 5.41) is 17.0. The van der Waals surface area contributed by atoms with E-state index in [1.165, 1.54) is 11.9 Å². The number of carbonyl (C=O) groups is 1. The predicted molar refractivity (Wildman–Crippen MR) is 66.5 cm³/mol. The van der Waals surface area contributed by atoms with Crippen molar-refractivity contribution in [3.8, 4) is 22.8 Å². The van der Waals surface area contributed by atoms with Crippen molar-refractivity contribution in [2.45, 2.75) is 0 Å². The zero-order valence-electron chi connectivity index (χ0n) is 10.7. The van der Waals surface area contributed by atoms with E-state index < -0.39 is 5.97 Å². The van der Waals surface area contributed by atoms with Crippen LogP contribution in [0.25, 0.3) is 11.3 Å². The third-order valence-electron chi connectivity index (χ3n) is 2.58. The van der Waals surface area contributed by atoms with E-state index >= 15 is 0 Å². The largest absolute Gasteiger partial charge is 0.497 e. The van der Waals surface area contributed by atoms with Crippen LogP contribution in [0.1, 0.15) is 10.5 Å². The molecule has 0 radical (unpaired) electrons. The fourth-order valence-electron chi connectivity index (χ4n) is 1.73. The number of carboxylic acids is 1. The summed E-state index contributed by atoms with van der Waals surface area (Å²) in [5.74, 6) is -0.0512. The van der Waals surface area contributed by atoms with Gasteiger partial charge in [0.05, 0.1) is 14.2 Å². The Hall–Kier alpha value is -2.57. The van der Waals surface area contributed by atoms with E-state index in [4.69, 9.17) is 14.6 Å². The average molecular weight is 263 g/mol. The van der Waals surface area contributed by atoms with Crippen LogP contribution in [0, 0.1) is 0 Å². The van der Waals surface area contributed by atoms with Gasteiger partial charge in [0, 0.05) is 18.7 Å². The second-order valence-electron chi connectivity index (χ2n) is 3.76. The van der Waals surface area contributed by atoms with E-state index in [0.29, 0.717) is 17.1 Å². The van der Waals surface area contributed by atoms with Gasteiger partial charge < -0.3 is 14.6 Å². The van der Waals surface area contributed by atoms with Crippen LogP contribution in [0.5, 0.6) is 11.5 Å². The van der Waals surface area contributed by atoms with Crippen molar-refractivity contribution >= 4 is 5.97 Å². The van der Waals surface area contributed by atoms with Gasteiger partial charge >= 0.3 is 5.97 Å². The van der Waals surface area contributed by atoms with Crippen LogP contribution in [-0.2, 0) is 7.05 Å². The Labute approximate surface area is 109 Å². The minimum Gasteiger partial charge on any atom is -0.497 e. The fourth-order valence-corrected chi connectivity index (χ4v) is 1.73. The molecule has 0 unspecified atom stereocenters. The molecule has 7 heteroatoms. The number of nitrogens with zero attached hydrogens (tertiary/aromatic N) is 3. The molecule has 1 aromatic heterocycles. The minimum atomic E-state index is -1.14. The van der Waals surface area contributed by atoms with Crippen molar-refractivity contribution in [2.24, 2.45) is 7.05 Å². The monoisotopic (exact) mass is 263 g/mol. The van der Waals surface area contributed by atoms with Crippen LogP contribution in [-0.4, -0.2) is 40.3 Å². The van der Waals surface area contributed by atoms with Crippen LogP contribution in [0.2, 0.25) is 0 Å². The van der Waals surface area contributed by atoms with Gasteiger partial charge in [0.25, 0.3) is 0 Å². The van der Waals surface area contributed by atoms with Gasteiger partial charge in [-0.15, -0.1) is 5.10 Å². The molecule has 1 heterocycles. The highest BCUT2D eigenvalue weighted by molar-refractivity contribution is 5.93. The van der Waals surface area contributed by atoms with Gasteiger partial charge in [-0.05, 0) is 12.1 Å². The molecular formula is C12H13N3O4. The molecule has 0 fully saturated rings. The van der Waals surface area contributed by atoms with Crippen LogP contribution in [0.15, 0.2) is 18.2 Å². The van der Waals surface area contributed by atoms with Crippen LogP contribution in [0.3, 0.4) is 0 Å². The Morgan fingerprint density at radius 2 is 2.00 bits per heavy atom. The molecule has 2 aromatic rings. The molecule has 0 spiro atoms. The van der Waals surface area contributed by atoms with E-state index in [1.807, 2.05) is 0 Å². The zero-order valence-corrected chi connectivity index (χ0v) is 10.7. The maximum absolute atomic E-state index is 11.1. The molecule has 0 atom stereocenters. The molecule has 1 aromatic carbocycles. The average Bonchev–Trinajstić information content (AvgIpc) is 2.80. The molecule has 2 rings (SSSR count). The molecule has 19 heavy (non-hydrogen) atoms. The lowest BCUT2D eigenvalue weighted by molar-refractivity contribution is 0.0690. The summed E-state index contributed by atoms with van der Waals surface area (Å²) in [6.45, 7) is 0. The number of hydrogen-bond donors (Lipinski definition) is 1. The number of ether oxygens (including phenoxy) is 2. The lowest BCUT2D eigenvalue weighted by atomic mass is 10.1. The van der Waals surface area contributed by atoms with Gasteiger partial charge in [-0.3, -0.25) is 0 Å². The number of aromatic nitrogens is 3. The second-order valence-corrected chi connectivity index (χ2v) is 3.76. The van der Waals surface area contributed by atoms with Crippen molar-refractivity contribution < 1.29 is 19.4 Å². The maximum atomic E-state index is 11.1. The van der Waals surface area contributed by atoms with Crippen molar-refractivity contribution in [1.29, 1.82) is 0 Å². The molecule has 1 N–H and O–H groups in total. The highest BCUT2D eigenvalue weighted by atomic mass is 16.5. The number of hydrogen-bond acceptors (Lipinski definition) is 5. The number of aromatic carboxylic acids is 1. The first-order valence-electron chi connectivity index (χ1n) is 5.43. The van der Waals surface area contributed by atoms with E-state index in [0.717, 1.165) is 0 Å². The topological polar surface area (TPSA) is 86.5 Å². The number of methoxy groups -OCH3 is 2. The van der Waals surface area contributed by atoms with Gasteiger partial charge in [0.15, 0.2) is 5.69 Å². The molecule has 0 saturated carbocycles. The SMILES string of the molecule is COc1ccc(-c2nn(C)nc2C(=O)O)c(OC)c1. The van der Waals surface area contributed by atoms with E-state index in [1.54, 1.807) is 32.4 Å². The third kappa shape index (κ3) is 2.35. The number of carboxylic acid groups (broad SMARTS) is 1. The molecule has 0 aliphatic rings. The molecule has 100 valence electrons. The molecule has 0 amide bonds. The smallest absolute Gasteiger partial charge is 0.358 e. The van der Waals surface area contributed by atoms with Gasteiger partial charge in [-0.25, -0.2) is 4.79 Å². The number of benzene rings is 1. The first kappa shape index (κ1) is 12.9. The summed E-state index contributed by atoms with van der Waals surface area (Å²) in [4.78, 5) is 12.4. The zero-order chi connectivity index (χ0) is 14.0. The number of rotatable bonds is 4. The van der Waals surface area contributed by atoms with Gasteiger partial charge in [0.1, 0.15) is 17.2 Å². The predicted octanol–water partition coefficient (Wildman–Crippen LogP) is 1.20. The molecule has 0 saturated heterocycles. The Morgan fingerprint density at radius 1 is 1.26 bits per heavy atom. The lowest BCUT2D eigenvalue weighted by Gasteiger charge is -2.08. The van der Waals surface area contributed by atoms with Gasteiger partial charge in [0.2, 0.25) is 0 Å². The van der Waals surface area contributed by atoms with Crippen molar-refractivity contribution in [3.05, 3.63) is 23.9 Å². The normalized spacial score (nSPS) is 10.3. The Morgan fingerprint density at radius 3 is 2.58 bits per heavy atom. The second kappa shape index (κ2) is 4.97. The van der Waals surface area contributed by atoms with Crippen molar-refractivity contribution in [1.82, 2.24) is 15.0 Å². The van der Waals surface area contributed by atoms with E-state index in [9.17, 15) is 4.79 Å². The molecular weight excluding hydrogens is 250 g/mol. The summed E-state index contributed by atoms with van der Waals surface area (Å²) >= 11 is 0. The molecule has 0 aliphatic carbocycles. The summed E-state index contributed by atoms with van der Waals surface area (Å²) in [6.07, 6.45) is 0. The quantitative estimate of drug-likeness (QED) is 0.891. The van der Waals surface area contributed by atoms with Crippen LogP contribution >= 0.6 is 0 Å². The first-order chi connectivity index (χ1) is 9.06. The Kier molecular flexibility index (Phi) is 3.37. The minimum absolute atomic E-state index is 0.119. The third-order valence-corrected chi connectivity index (χ3v) is 2.58. The van der Waals surface area contributed by atoms with Crippen LogP contribution in [0.4, 0.5) is 0 Å². The van der Waals surface area contributed by atoms with E-state index in [2.05, 4.69) is 10.2 Å². The highest BCUT2D eigenvalue weighted by Gasteiger charge is 2.21. The summed E-state index contributed by atoms with van der Waals surface area (Å²) in [6, 6.07) is 5.06. The van der Waals surface area contributed by atoms with Crippen molar-refractivity contribution in [2.75, 3.05) is 14.2 Å². The van der Waals surface area contributed by atoms with Crippen LogP contribution < -0.4 is 9.47 Å². The van der Waals surface area contributed by atoms with E-state index in [-0.39, 0.29) is 11.4 Å². The highest BCUT2D eigenvalue weighted by Crippen LogP contribution is 2.33. The van der Waals surface area contributed by atoms with Gasteiger partial charge in [-0.2, -0.15) is 9.90 Å². The molecule has 0 bridgehead atoms. The summed E-state index contributed by atoms with van der Waals surface area (Å²) in [7, 11) is 4.60. The first-order valence-corrected chi connectivity index (χ1v) is 5.43. The maximum Gasteiger partial charge on any atom is 0.358 e.